The van der Waals surface area contributed by atoms with Gasteiger partial charge in [-0.1, -0.05) is 27.5 Å². The van der Waals surface area contributed by atoms with E-state index in [2.05, 4.69) is 32.4 Å². The van der Waals surface area contributed by atoms with Crippen LogP contribution in [-0.4, -0.2) is 9.78 Å². The largest absolute Gasteiger partial charge is 0.378 e. The minimum Gasteiger partial charge on any atom is -0.378 e. The zero-order chi connectivity index (χ0) is 14.0. The highest BCUT2D eigenvalue weighted by atomic mass is 79.9. The molecule has 0 unspecified atom stereocenters. The third-order valence-corrected chi connectivity index (χ3v) is 3.79. The van der Waals surface area contributed by atoms with Crippen molar-refractivity contribution in [2.24, 2.45) is 7.05 Å². The molecule has 0 amide bonds. The monoisotopic (exact) mass is 338 g/mol. The molecule has 1 heterocycles. The Morgan fingerprint density at radius 3 is 2.84 bits per heavy atom. The van der Waals surface area contributed by atoms with Gasteiger partial charge in [-0.2, -0.15) is 10.4 Å². The highest BCUT2D eigenvalue weighted by Crippen LogP contribution is 2.24. The normalized spacial score (nSPS) is 10.3. The first-order valence-corrected chi connectivity index (χ1v) is 6.81. The van der Waals surface area contributed by atoms with Crippen LogP contribution in [-0.2, 0) is 13.6 Å². The van der Waals surface area contributed by atoms with Gasteiger partial charge in [-0.3, -0.25) is 4.68 Å². The van der Waals surface area contributed by atoms with Gasteiger partial charge in [-0.25, -0.2) is 0 Å². The lowest BCUT2D eigenvalue weighted by Gasteiger charge is -2.09. The summed E-state index contributed by atoms with van der Waals surface area (Å²) in [5.41, 5.74) is 3.06. The van der Waals surface area contributed by atoms with Gasteiger partial charge in [0.25, 0.3) is 0 Å². The lowest BCUT2D eigenvalue weighted by Crippen LogP contribution is -2.07. The van der Waals surface area contributed by atoms with Crippen molar-refractivity contribution in [1.82, 2.24) is 9.78 Å². The molecule has 0 fully saturated rings. The van der Waals surface area contributed by atoms with Crippen LogP contribution < -0.4 is 5.32 Å². The third kappa shape index (κ3) is 2.91. The molecular weight excluding hydrogens is 328 g/mol. The molecule has 2 rings (SSSR count). The first-order valence-electron chi connectivity index (χ1n) is 5.64. The first kappa shape index (κ1) is 13.9. The van der Waals surface area contributed by atoms with Crippen LogP contribution in [0.2, 0.25) is 5.02 Å². The smallest absolute Gasteiger partial charge is 0.101 e. The van der Waals surface area contributed by atoms with E-state index in [0.29, 0.717) is 17.1 Å². The van der Waals surface area contributed by atoms with E-state index >= 15 is 0 Å². The Hall–Kier alpha value is -1.51. The van der Waals surface area contributed by atoms with Crippen LogP contribution in [0.1, 0.15) is 17.0 Å². The molecule has 0 radical (unpaired) electrons. The van der Waals surface area contributed by atoms with Crippen molar-refractivity contribution in [2.75, 3.05) is 5.32 Å². The summed E-state index contributed by atoms with van der Waals surface area (Å²) in [6.45, 7) is 2.38. The van der Waals surface area contributed by atoms with Crippen LogP contribution in [0.15, 0.2) is 22.7 Å². The summed E-state index contributed by atoms with van der Waals surface area (Å²) in [7, 11) is 1.85. The van der Waals surface area contributed by atoms with E-state index in [0.717, 1.165) is 21.5 Å². The summed E-state index contributed by atoms with van der Waals surface area (Å²) in [5.74, 6) is 0. The molecule has 4 nitrogen and oxygen atoms in total. The average Bonchev–Trinajstić information content (AvgIpc) is 2.61. The number of anilines is 1. The molecule has 0 saturated carbocycles. The molecule has 1 N–H and O–H groups in total. The topological polar surface area (TPSA) is 53.6 Å². The summed E-state index contributed by atoms with van der Waals surface area (Å²) in [6.07, 6.45) is 0. The zero-order valence-electron chi connectivity index (χ0n) is 10.5. The van der Waals surface area contributed by atoms with E-state index in [1.165, 1.54) is 0 Å². The Balaban J connectivity index is 2.24. The highest BCUT2D eigenvalue weighted by molar-refractivity contribution is 9.10. The number of rotatable bonds is 3. The van der Waals surface area contributed by atoms with Gasteiger partial charge in [0, 0.05) is 11.5 Å². The number of benzene rings is 1. The highest BCUT2D eigenvalue weighted by Gasteiger charge is 2.11. The third-order valence-electron chi connectivity index (χ3n) is 2.81. The van der Waals surface area contributed by atoms with E-state index in [9.17, 15) is 0 Å². The van der Waals surface area contributed by atoms with Crippen LogP contribution in [0.5, 0.6) is 0 Å². The van der Waals surface area contributed by atoms with Crippen LogP contribution >= 0.6 is 27.5 Å². The molecule has 0 aliphatic carbocycles. The van der Waals surface area contributed by atoms with Crippen molar-refractivity contribution >= 4 is 33.2 Å². The van der Waals surface area contributed by atoms with Crippen molar-refractivity contribution in [3.05, 3.63) is 44.6 Å². The second-order valence-corrected chi connectivity index (χ2v) is 5.42. The van der Waals surface area contributed by atoms with Crippen molar-refractivity contribution < 1.29 is 0 Å². The van der Waals surface area contributed by atoms with Crippen LogP contribution in [0, 0.1) is 18.3 Å². The van der Waals surface area contributed by atoms with Gasteiger partial charge < -0.3 is 5.32 Å². The number of halogens is 2. The van der Waals surface area contributed by atoms with E-state index < -0.39 is 0 Å². The first-order chi connectivity index (χ1) is 9.02. The Morgan fingerprint density at radius 2 is 2.26 bits per heavy atom. The lowest BCUT2D eigenvalue weighted by atomic mass is 10.2. The number of nitrogens with zero attached hydrogens (tertiary/aromatic N) is 3. The molecule has 1 aromatic carbocycles. The standard InChI is InChI=1S/C13H12BrClN4/c1-8-13(15)12(19(2)18-8)7-17-11-5-10(14)4-3-9(11)6-16/h3-5,17H,7H2,1-2H3. The summed E-state index contributed by atoms with van der Waals surface area (Å²) < 4.78 is 2.66. The fourth-order valence-electron chi connectivity index (χ4n) is 1.81. The van der Waals surface area contributed by atoms with Gasteiger partial charge in [-0.15, -0.1) is 0 Å². The number of aryl methyl sites for hydroxylation is 2. The van der Waals surface area contributed by atoms with Gasteiger partial charge in [0.1, 0.15) is 6.07 Å². The molecule has 0 aliphatic rings. The minimum absolute atomic E-state index is 0.515. The summed E-state index contributed by atoms with van der Waals surface area (Å²) in [6, 6.07) is 7.63. The zero-order valence-corrected chi connectivity index (χ0v) is 12.9. The SMILES string of the molecule is Cc1nn(C)c(CNc2cc(Br)ccc2C#N)c1Cl. The Morgan fingerprint density at radius 1 is 1.53 bits per heavy atom. The molecule has 0 aliphatic heterocycles. The van der Waals surface area contributed by atoms with Crippen molar-refractivity contribution in [3.63, 3.8) is 0 Å². The summed E-state index contributed by atoms with van der Waals surface area (Å²) in [4.78, 5) is 0. The number of hydrogen-bond donors (Lipinski definition) is 1. The Kier molecular flexibility index (Phi) is 4.13. The average molecular weight is 340 g/mol. The predicted molar refractivity (Wildman–Crippen MR) is 79.1 cm³/mol. The van der Waals surface area contributed by atoms with Gasteiger partial charge in [0.2, 0.25) is 0 Å². The number of nitrogens with one attached hydrogen (secondary N) is 1. The number of nitriles is 1. The lowest BCUT2D eigenvalue weighted by molar-refractivity contribution is 0.713. The summed E-state index contributed by atoms with van der Waals surface area (Å²) >= 11 is 9.58. The molecular formula is C13H12BrClN4. The van der Waals surface area contributed by atoms with Crippen LogP contribution in [0.25, 0.3) is 0 Å². The van der Waals surface area contributed by atoms with Gasteiger partial charge >= 0.3 is 0 Å². The number of aromatic nitrogens is 2. The van der Waals surface area contributed by atoms with E-state index in [1.54, 1.807) is 10.7 Å². The maximum absolute atomic E-state index is 9.07. The molecule has 0 saturated heterocycles. The van der Waals surface area contributed by atoms with Gasteiger partial charge in [0.05, 0.1) is 34.2 Å². The van der Waals surface area contributed by atoms with E-state index in [-0.39, 0.29) is 0 Å². The molecule has 98 valence electrons. The number of hydrogen-bond acceptors (Lipinski definition) is 3. The fraction of sp³-hybridized carbons (Fsp3) is 0.231. The Bertz CT molecular complexity index is 657. The van der Waals surface area contributed by atoms with Crippen molar-refractivity contribution in [2.45, 2.75) is 13.5 Å². The molecule has 1 aromatic heterocycles. The maximum Gasteiger partial charge on any atom is 0.101 e. The second kappa shape index (κ2) is 5.64. The quantitative estimate of drug-likeness (QED) is 0.929. The van der Waals surface area contributed by atoms with Crippen molar-refractivity contribution in [3.8, 4) is 6.07 Å². The summed E-state index contributed by atoms with van der Waals surface area (Å²) in [5, 5.41) is 17.2. The van der Waals surface area contributed by atoms with Crippen LogP contribution in [0.3, 0.4) is 0 Å². The molecule has 0 bridgehead atoms. The molecule has 0 spiro atoms. The Labute approximate surface area is 125 Å². The van der Waals surface area contributed by atoms with Crippen molar-refractivity contribution in [1.29, 1.82) is 5.26 Å². The molecule has 19 heavy (non-hydrogen) atoms. The molecule has 0 atom stereocenters. The second-order valence-electron chi connectivity index (χ2n) is 4.12. The predicted octanol–water partition coefficient (Wildman–Crippen LogP) is 3.63. The van der Waals surface area contributed by atoms with E-state index in [1.807, 2.05) is 26.1 Å². The maximum atomic E-state index is 9.07. The van der Waals surface area contributed by atoms with E-state index in [4.69, 9.17) is 16.9 Å². The minimum atomic E-state index is 0.515. The molecule has 6 heteroatoms. The van der Waals surface area contributed by atoms with Gasteiger partial charge in [-0.05, 0) is 25.1 Å². The van der Waals surface area contributed by atoms with Gasteiger partial charge in [0.15, 0.2) is 0 Å². The molecule has 2 aromatic rings. The fourth-order valence-corrected chi connectivity index (χ4v) is 2.40. The van der Waals surface area contributed by atoms with Crippen LogP contribution in [0.4, 0.5) is 5.69 Å².